The number of carbonyl (C=O) groups is 3. The third-order valence-electron chi connectivity index (χ3n) is 5.84. The summed E-state index contributed by atoms with van der Waals surface area (Å²) in [4.78, 5) is 37.2. The lowest BCUT2D eigenvalue weighted by atomic mass is 9.85. The molecule has 2 rings (SSSR count). The fourth-order valence-electron chi connectivity index (χ4n) is 3.68. The minimum absolute atomic E-state index is 0.0806. The third kappa shape index (κ3) is 6.52. The van der Waals surface area contributed by atoms with E-state index in [1.54, 1.807) is 26.8 Å². The standard InChI is InChI=1S/C25H32O8/c1-6-17(12-26)24(29)31-13-18(7-2)25(30)33-20-10-14(3)8-9-19(27)15(4)11-21-22(20)16(5)23(28)32-21/h6-8,11,19-22,26-27H,5,9-10,12-13H2,1-4H3. The summed E-state index contributed by atoms with van der Waals surface area (Å²) in [5.74, 6) is -2.63. The first kappa shape index (κ1) is 26.3. The van der Waals surface area contributed by atoms with E-state index in [9.17, 15) is 24.6 Å². The molecule has 8 heteroatoms. The summed E-state index contributed by atoms with van der Waals surface area (Å²) in [6, 6.07) is 0. The van der Waals surface area contributed by atoms with Crippen molar-refractivity contribution in [2.75, 3.05) is 13.2 Å². The zero-order valence-corrected chi connectivity index (χ0v) is 19.5. The fraction of sp³-hybridized carbons (Fsp3) is 0.480. The van der Waals surface area contributed by atoms with Gasteiger partial charge in [-0.25, -0.2) is 14.4 Å². The molecule has 1 aliphatic carbocycles. The highest BCUT2D eigenvalue weighted by molar-refractivity contribution is 5.93. The molecule has 0 amide bonds. The van der Waals surface area contributed by atoms with Crippen LogP contribution in [-0.2, 0) is 28.6 Å². The number of hydrogen-bond acceptors (Lipinski definition) is 8. The Hall–Kier alpha value is -2.97. The molecule has 1 heterocycles. The van der Waals surface area contributed by atoms with Crippen LogP contribution in [0.15, 0.2) is 58.7 Å². The Labute approximate surface area is 193 Å². The normalized spacial score (nSPS) is 26.6. The molecule has 1 aliphatic heterocycles. The molecule has 1 saturated heterocycles. The second-order valence-electron chi connectivity index (χ2n) is 8.14. The highest BCUT2D eigenvalue weighted by Gasteiger charge is 2.44. The Morgan fingerprint density at radius 2 is 1.88 bits per heavy atom. The van der Waals surface area contributed by atoms with Gasteiger partial charge in [-0.2, -0.15) is 0 Å². The van der Waals surface area contributed by atoms with Crippen molar-refractivity contribution in [3.05, 3.63) is 58.7 Å². The summed E-state index contributed by atoms with van der Waals surface area (Å²) in [6.07, 6.45) is 4.96. The molecular weight excluding hydrogens is 428 g/mol. The molecule has 0 aromatic rings. The van der Waals surface area contributed by atoms with Crippen LogP contribution in [0.25, 0.3) is 0 Å². The second kappa shape index (κ2) is 11.8. The summed E-state index contributed by atoms with van der Waals surface area (Å²) >= 11 is 0. The van der Waals surface area contributed by atoms with Crippen molar-refractivity contribution < 1.29 is 38.8 Å². The molecule has 0 saturated carbocycles. The van der Waals surface area contributed by atoms with Gasteiger partial charge in [0.1, 0.15) is 18.8 Å². The predicted octanol–water partition coefficient (Wildman–Crippen LogP) is 2.47. The second-order valence-corrected chi connectivity index (χ2v) is 8.14. The molecule has 0 radical (unpaired) electrons. The Balaban J connectivity index is 2.26. The maximum absolute atomic E-state index is 12.9. The maximum atomic E-state index is 12.9. The van der Waals surface area contributed by atoms with Gasteiger partial charge in [-0.3, -0.25) is 0 Å². The summed E-state index contributed by atoms with van der Waals surface area (Å²) in [5, 5.41) is 19.5. The first-order valence-electron chi connectivity index (χ1n) is 10.8. The molecule has 0 spiro atoms. The number of carbonyl (C=O) groups excluding carboxylic acids is 3. The molecule has 2 N–H and O–H groups in total. The van der Waals surface area contributed by atoms with Crippen LogP contribution in [0.2, 0.25) is 0 Å². The topological polar surface area (TPSA) is 119 Å². The predicted molar refractivity (Wildman–Crippen MR) is 121 cm³/mol. The number of rotatable bonds is 6. The highest BCUT2D eigenvalue weighted by Crippen LogP contribution is 2.36. The van der Waals surface area contributed by atoms with E-state index in [1.807, 2.05) is 13.0 Å². The van der Waals surface area contributed by atoms with Gasteiger partial charge in [0, 0.05) is 12.0 Å². The van der Waals surface area contributed by atoms with Gasteiger partial charge in [-0.05, 0) is 45.8 Å². The minimum Gasteiger partial charge on any atom is -0.458 e. The van der Waals surface area contributed by atoms with Crippen molar-refractivity contribution in [2.45, 2.75) is 58.8 Å². The Morgan fingerprint density at radius 1 is 1.21 bits per heavy atom. The number of hydrogen-bond donors (Lipinski definition) is 2. The SMILES string of the molecule is C=C1C(=O)OC2C=C(C)C(O)CC=C(C)CC(OC(=O)C(=CC)COC(=O)C(=CC)CO)C12. The average Bonchev–Trinajstić information content (AvgIpc) is 3.05. The number of allylic oxidation sites excluding steroid dienone is 2. The van der Waals surface area contributed by atoms with Crippen molar-refractivity contribution >= 4 is 17.9 Å². The number of aliphatic hydroxyl groups is 2. The van der Waals surface area contributed by atoms with Gasteiger partial charge in [-0.1, -0.05) is 30.4 Å². The first-order chi connectivity index (χ1) is 15.6. The van der Waals surface area contributed by atoms with E-state index in [0.717, 1.165) is 5.57 Å². The molecule has 0 bridgehead atoms. The first-order valence-corrected chi connectivity index (χ1v) is 10.8. The van der Waals surface area contributed by atoms with E-state index in [1.165, 1.54) is 12.2 Å². The van der Waals surface area contributed by atoms with Crippen LogP contribution < -0.4 is 0 Å². The van der Waals surface area contributed by atoms with E-state index in [4.69, 9.17) is 14.2 Å². The lowest BCUT2D eigenvalue weighted by Gasteiger charge is -2.28. The van der Waals surface area contributed by atoms with Crippen LogP contribution >= 0.6 is 0 Å². The molecule has 180 valence electrons. The molecule has 4 atom stereocenters. The van der Waals surface area contributed by atoms with Crippen molar-refractivity contribution in [1.82, 2.24) is 0 Å². The molecule has 2 aliphatic rings. The Bertz CT molecular complexity index is 921. The maximum Gasteiger partial charge on any atom is 0.337 e. The van der Waals surface area contributed by atoms with Crippen molar-refractivity contribution in [2.24, 2.45) is 5.92 Å². The largest absolute Gasteiger partial charge is 0.458 e. The zero-order valence-electron chi connectivity index (χ0n) is 19.5. The Morgan fingerprint density at radius 3 is 2.48 bits per heavy atom. The van der Waals surface area contributed by atoms with Crippen LogP contribution in [0, 0.1) is 5.92 Å². The lowest BCUT2D eigenvalue weighted by Crippen LogP contribution is -2.34. The van der Waals surface area contributed by atoms with Gasteiger partial charge in [0.15, 0.2) is 0 Å². The molecular formula is C25H32O8. The molecule has 1 fully saturated rings. The molecule has 4 unspecified atom stereocenters. The summed E-state index contributed by atoms with van der Waals surface area (Å²) in [5.41, 5.74) is 1.91. The van der Waals surface area contributed by atoms with Crippen LogP contribution in [0.1, 0.15) is 40.5 Å². The van der Waals surface area contributed by atoms with Gasteiger partial charge in [0.25, 0.3) is 0 Å². The molecule has 8 nitrogen and oxygen atoms in total. The monoisotopic (exact) mass is 460 g/mol. The van der Waals surface area contributed by atoms with Gasteiger partial charge in [0.05, 0.1) is 29.8 Å². The highest BCUT2D eigenvalue weighted by atomic mass is 16.6. The van der Waals surface area contributed by atoms with Gasteiger partial charge >= 0.3 is 17.9 Å². The van der Waals surface area contributed by atoms with Crippen LogP contribution in [0.4, 0.5) is 0 Å². The van der Waals surface area contributed by atoms with E-state index < -0.39 is 48.7 Å². The molecule has 0 aromatic carbocycles. The van der Waals surface area contributed by atoms with Gasteiger partial charge < -0.3 is 24.4 Å². The number of esters is 3. The summed E-state index contributed by atoms with van der Waals surface area (Å²) in [6.45, 7) is 9.86. The van der Waals surface area contributed by atoms with E-state index in [0.29, 0.717) is 18.4 Å². The van der Waals surface area contributed by atoms with Crippen molar-refractivity contribution in [1.29, 1.82) is 0 Å². The van der Waals surface area contributed by atoms with Crippen molar-refractivity contribution in [3.63, 3.8) is 0 Å². The minimum atomic E-state index is -0.758. The molecule has 33 heavy (non-hydrogen) atoms. The number of aliphatic hydroxyl groups excluding tert-OH is 2. The van der Waals surface area contributed by atoms with E-state index in [-0.39, 0.29) is 23.3 Å². The third-order valence-corrected chi connectivity index (χ3v) is 5.84. The zero-order chi connectivity index (χ0) is 24.7. The van der Waals surface area contributed by atoms with Crippen LogP contribution in [0.3, 0.4) is 0 Å². The fourth-order valence-corrected chi connectivity index (χ4v) is 3.68. The average molecular weight is 461 g/mol. The Kier molecular flexibility index (Phi) is 9.37. The number of ether oxygens (including phenoxy) is 3. The van der Waals surface area contributed by atoms with Gasteiger partial charge in [0.2, 0.25) is 0 Å². The van der Waals surface area contributed by atoms with Gasteiger partial charge in [-0.15, -0.1) is 0 Å². The number of fused-ring (bicyclic) bond motifs is 1. The molecule has 0 aromatic heterocycles. The van der Waals surface area contributed by atoms with Crippen LogP contribution in [-0.4, -0.2) is 59.6 Å². The summed E-state index contributed by atoms with van der Waals surface area (Å²) in [7, 11) is 0. The quantitative estimate of drug-likeness (QED) is 0.269. The van der Waals surface area contributed by atoms with E-state index >= 15 is 0 Å². The lowest BCUT2D eigenvalue weighted by molar-refractivity contribution is -0.148. The van der Waals surface area contributed by atoms with Crippen molar-refractivity contribution in [3.8, 4) is 0 Å². The summed E-state index contributed by atoms with van der Waals surface area (Å²) < 4.78 is 16.4. The van der Waals surface area contributed by atoms with Crippen LogP contribution in [0.5, 0.6) is 0 Å². The van der Waals surface area contributed by atoms with E-state index in [2.05, 4.69) is 6.58 Å². The smallest absolute Gasteiger partial charge is 0.337 e.